The molecule has 0 saturated carbocycles. The highest BCUT2D eigenvalue weighted by molar-refractivity contribution is 6.10. The number of aromatic carboxylic acids is 1. The molecule has 3 aromatic heterocycles. The van der Waals surface area contributed by atoms with Crippen LogP contribution in [0.1, 0.15) is 46.2 Å². The van der Waals surface area contributed by atoms with Gasteiger partial charge in [0, 0.05) is 11.6 Å². The summed E-state index contributed by atoms with van der Waals surface area (Å²) in [6.07, 6.45) is 2.90. The fraction of sp³-hybridized carbons (Fsp3) is 0.143. The molecule has 5 aromatic rings. The lowest BCUT2D eigenvalue weighted by molar-refractivity contribution is 0.0697. The third-order valence-corrected chi connectivity index (χ3v) is 6.77. The Morgan fingerprint density at radius 1 is 1.05 bits per heavy atom. The van der Waals surface area contributed by atoms with Crippen molar-refractivity contribution in [2.75, 3.05) is 10.6 Å². The Bertz CT molecular complexity index is 1740. The SMILES string of the molecule is CC(C)n1cnnc1-c1cccc(N2Cc3ccc(-c4ccc(-n5ncc(C(=O)O)c5N)cc4)cc3C2=O)n1. The zero-order valence-corrected chi connectivity index (χ0v) is 21.2. The van der Waals surface area contributed by atoms with E-state index in [-0.39, 0.29) is 23.3 Å². The number of carboxylic acid groups (broad SMARTS) is 1. The molecule has 1 amide bonds. The number of fused-ring (bicyclic) bond motifs is 1. The number of nitrogens with zero attached hydrogens (tertiary/aromatic N) is 7. The number of carboxylic acids is 1. The molecular formula is C28H24N8O3. The topological polar surface area (TPSA) is 145 Å². The highest BCUT2D eigenvalue weighted by Gasteiger charge is 2.30. The number of aromatic nitrogens is 6. The van der Waals surface area contributed by atoms with Crippen LogP contribution in [-0.4, -0.2) is 46.5 Å². The Kier molecular flexibility index (Phi) is 5.68. The summed E-state index contributed by atoms with van der Waals surface area (Å²) in [4.78, 5) is 31.1. The molecule has 0 radical (unpaired) electrons. The average molecular weight is 521 g/mol. The third-order valence-electron chi connectivity index (χ3n) is 6.77. The van der Waals surface area contributed by atoms with Crippen LogP contribution in [0.3, 0.4) is 0 Å². The van der Waals surface area contributed by atoms with Crippen LogP contribution >= 0.6 is 0 Å². The lowest BCUT2D eigenvalue weighted by Crippen LogP contribution is -2.24. The van der Waals surface area contributed by atoms with Gasteiger partial charge in [0.1, 0.15) is 29.2 Å². The van der Waals surface area contributed by atoms with Crippen molar-refractivity contribution >= 4 is 23.5 Å². The van der Waals surface area contributed by atoms with E-state index in [1.54, 1.807) is 23.4 Å². The zero-order chi connectivity index (χ0) is 27.3. The molecule has 194 valence electrons. The summed E-state index contributed by atoms with van der Waals surface area (Å²) in [6.45, 7) is 4.51. The molecule has 6 rings (SSSR count). The van der Waals surface area contributed by atoms with E-state index in [0.717, 1.165) is 16.7 Å². The zero-order valence-electron chi connectivity index (χ0n) is 21.2. The van der Waals surface area contributed by atoms with Crippen molar-refractivity contribution in [1.29, 1.82) is 0 Å². The summed E-state index contributed by atoms with van der Waals surface area (Å²) in [5.74, 6) is 0.00536. The normalized spacial score (nSPS) is 12.8. The van der Waals surface area contributed by atoms with Gasteiger partial charge in [0.25, 0.3) is 5.91 Å². The number of amides is 1. The van der Waals surface area contributed by atoms with Gasteiger partial charge in [-0.05, 0) is 60.9 Å². The van der Waals surface area contributed by atoms with E-state index >= 15 is 0 Å². The van der Waals surface area contributed by atoms with Crippen LogP contribution in [0.4, 0.5) is 11.6 Å². The minimum absolute atomic E-state index is 0.0531. The van der Waals surface area contributed by atoms with Gasteiger partial charge >= 0.3 is 5.97 Å². The average Bonchev–Trinajstić information content (AvgIpc) is 3.66. The Balaban J connectivity index is 1.26. The van der Waals surface area contributed by atoms with Crippen LogP contribution in [0.25, 0.3) is 28.3 Å². The van der Waals surface area contributed by atoms with Crippen molar-refractivity contribution in [3.05, 3.63) is 89.9 Å². The van der Waals surface area contributed by atoms with Gasteiger partial charge in [-0.3, -0.25) is 9.69 Å². The van der Waals surface area contributed by atoms with Gasteiger partial charge in [-0.15, -0.1) is 10.2 Å². The monoisotopic (exact) mass is 520 g/mol. The van der Waals surface area contributed by atoms with Gasteiger partial charge in [0.15, 0.2) is 5.82 Å². The second-order valence-electron chi connectivity index (χ2n) is 9.51. The Morgan fingerprint density at radius 3 is 2.54 bits per heavy atom. The van der Waals surface area contributed by atoms with Gasteiger partial charge in [0.05, 0.1) is 18.4 Å². The maximum Gasteiger partial charge on any atom is 0.341 e. The summed E-state index contributed by atoms with van der Waals surface area (Å²) in [5.41, 5.74) is 10.5. The fourth-order valence-electron chi connectivity index (χ4n) is 4.69. The summed E-state index contributed by atoms with van der Waals surface area (Å²) < 4.78 is 3.32. The molecule has 0 spiro atoms. The van der Waals surface area contributed by atoms with E-state index in [0.29, 0.717) is 35.1 Å². The summed E-state index contributed by atoms with van der Waals surface area (Å²) in [6, 6.07) is 18.9. The number of benzene rings is 2. The lowest BCUT2D eigenvalue weighted by atomic mass is 10.0. The molecule has 0 aliphatic carbocycles. The van der Waals surface area contributed by atoms with Gasteiger partial charge in [-0.2, -0.15) is 5.10 Å². The van der Waals surface area contributed by atoms with E-state index < -0.39 is 5.97 Å². The molecule has 4 heterocycles. The number of hydrogen-bond acceptors (Lipinski definition) is 7. The molecule has 0 atom stereocenters. The molecule has 0 saturated heterocycles. The molecule has 0 unspecified atom stereocenters. The minimum Gasteiger partial charge on any atom is -0.477 e. The number of hydrogen-bond donors (Lipinski definition) is 2. The molecule has 11 heteroatoms. The van der Waals surface area contributed by atoms with Gasteiger partial charge in [-0.25, -0.2) is 14.5 Å². The van der Waals surface area contributed by atoms with Crippen molar-refractivity contribution < 1.29 is 14.7 Å². The highest BCUT2D eigenvalue weighted by atomic mass is 16.4. The number of anilines is 2. The van der Waals surface area contributed by atoms with Gasteiger partial charge < -0.3 is 15.4 Å². The summed E-state index contributed by atoms with van der Waals surface area (Å²) in [7, 11) is 0. The summed E-state index contributed by atoms with van der Waals surface area (Å²) in [5, 5.41) is 21.6. The maximum absolute atomic E-state index is 13.5. The van der Waals surface area contributed by atoms with Crippen molar-refractivity contribution in [2.24, 2.45) is 0 Å². The Hall–Kier alpha value is -5.32. The molecule has 1 aliphatic rings. The van der Waals surface area contributed by atoms with Crippen molar-refractivity contribution in [3.8, 4) is 28.3 Å². The molecular weight excluding hydrogens is 496 g/mol. The molecule has 11 nitrogen and oxygen atoms in total. The predicted molar refractivity (Wildman–Crippen MR) is 145 cm³/mol. The summed E-state index contributed by atoms with van der Waals surface area (Å²) >= 11 is 0. The second kappa shape index (κ2) is 9.21. The lowest BCUT2D eigenvalue weighted by Gasteiger charge is -2.16. The van der Waals surface area contributed by atoms with Gasteiger partial charge in [-0.1, -0.05) is 30.3 Å². The Labute approximate surface area is 223 Å². The van der Waals surface area contributed by atoms with E-state index in [9.17, 15) is 14.7 Å². The second-order valence-corrected chi connectivity index (χ2v) is 9.51. The van der Waals surface area contributed by atoms with Crippen molar-refractivity contribution in [2.45, 2.75) is 26.4 Å². The van der Waals surface area contributed by atoms with Crippen molar-refractivity contribution in [3.63, 3.8) is 0 Å². The molecule has 1 aliphatic heterocycles. The van der Waals surface area contributed by atoms with E-state index in [1.807, 2.05) is 66.9 Å². The van der Waals surface area contributed by atoms with Crippen LogP contribution < -0.4 is 10.6 Å². The van der Waals surface area contributed by atoms with Crippen LogP contribution in [0, 0.1) is 0 Å². The first-order valence-electron chi connectivity index (χ1n) is 12.3. The molecule has 0 fully saturated rings. The highest BCUT2D eigenvalue weighted by Crippen LogP contribution is 2.32. The molecule has 3 N–H and O–H groups in total. The smallest absolute Gasteiger partial charge is 0.341 e. The number of pyridine rings is 1. The largest absolute Gasteiger partial charge is 0.477 e. The van der Waals surface area contributed by atoms with E-state index in [2.05, 4.69) is 15.3 Å². The predicted octanol–water partition coefficient (Wildman–Crippen LogP) is 4.21. The molecule has 2 aromatic carbocycles. The first kappa shape index (κ1) is 24.0. The van der Waals surface area contributed by atoms with Gasteiger partial charge in [0.2, 0.25) is 0 Å². The van der Waals surface area contributed by atoms with E-state index in [4.69, 9.17) is 10.7 Å². The number of rotatable bonds is 6. The fourth-order valence-corrected chi connectivity index (χ4v) is 4.69. The standard InChI is InChI=1S/C28H24N8O3/c1-16(2)35-15-30-33-26(35)23-4-3-5-24(32-23)34-14-19-7-6-18(12-21(19)27(34)37)17-8-10-20(11-9-17)36-25(29)22(13-31-36)28(38)39/h3-13,15-16H,14,29H2,1-2H3,(H,38,39). The molecule has 39 heavy (non-hydrogen) atoms. The third kappa shape index (κ3) is 4.09. The molecule has 0 bridgehead atoms. The minimum atomic E-state index is -1.13. The maximum atomic E-state index is 13.5. The van der Waals surface area contributed by atoms with Crippen LogP contribution in [0.5, 0.6) is 0 Å². The number of nitrogen functional groups attached to an aromatic ring is 1. The van der Waals surface area contributed by atoms with E-state index in [1.165, 1.54) is 10.9 Å². The van der Waals surface area contributed by atoms with Crippen LogP contribution in [0.2, 0.25) is 0 Å². The van der Waals surface area contributed by atoms with Crippen molar-refractivity contribution in [1.82, 2.24) is 29.5 Å². The Morgan fingerprint density at radius 2 is 1.82 bits per heavy atom. The van der Waals surface area contributed by atoms with Crippen LogP contribution in [-0.2, 0) is 6.54 Å². The first-order valence-corrected chi connectivity index (χ1v) is 12.3. The number of nitrogens with two attached hydrogens (primary N) is 1. The van der Waals surface area contributed by atoms with Crippen LogP contribution in [0.15, 0.2) is 73.2 Å². The number of carbonyl (C=O) groups is 2. The quantitative estimate of drug-likeness (QED) is 0.339. The number of carbonyl (C=O) groups excluding carboxylic acids is 1. The first-order chi connectivity index (χ1) is 18.8.